The molecule has 49 heavy (non-hydrogen) atoms. The maximum atomic E-state index is 3.48. The number of hydrogen-bond acceptors (Lipinski definition) is 0. The van der Waals surface area contributed by atoms with Gasteiger partial charge in [0, 0.05) is 0 Å². The molecule has 6 aromatic rings. The van der Waals surface area contributed by atoms with Gasteiger partial charge in [0.05, 0.1) is 0 Å². The largest absolute Gasteiger partial charge is 0.147 e. The van der Waals surface area contributed by atoms with Crippen LogP contribution in [0, 0.1) is 43.5 Å². The fourth-order valence-corrected chi connectivity index (χ4v) is 6.07. The molecule has 0 spiro atoms. The van der Waals surface area contributed by atoms with Crippen molar-refractivity contribution >= 4 is 50.6 Å². The summed E-state index contributed by atoms with van der Waals surface area (Å²) in [5, 5.41) is 5.30. The van der Waals surface area contributed by atoms with Crippen molar-refractivity contribution in [1.29, 1.82) is 0 Å². The van der Waals surface area contributed by atoms with Crippen LogP contribution >= 0.6 is 24.8 Å². The summed E-state index contributed by atoms with van der Waals surface area (Å²) in [7, 11) is 0. The Bertz CT molecular complexity index is 1930. The molecule has 6 aromatic carbocycles. The van der Waals surface area contributed by atoms with Crippen LogP contribution in [0.3, 0.4) is 0 Å². The number of hydrogen-bond donors (Lipinski definition) is 0. The molecular weight excluding hydrogens is 715 g/mol. The van der Waals surface area contributed by atoms with Gasteiger partial charge in [-0.25, -0.2) is 11.1 Å². The van der Waals surface area contributed by atoms with E-state index >= 15 is 0 Å². The second-order valence-electron chi connectivity index (χ2n) is 12.7. The summed E-state index contributed by atoms with van der Waals surface area (Å²) in [4.78, 5) is 0. The van der Waals surface area contributed by atoms with Crippen LogP contribution in [0.1, 0.15) is 56.4 Å². The maximum Gasteiger partial charge on any atom is -0.0240 e. The van der Waals surface area contributed by atoms with Gasteiger partial charge in [0.2, 0.25) is 0 Å². The molecular formula is C46H46Cl2Zr-4. The van der Waals surface area contributed by atoms with Gasteiger partial charge in [-0.2, -0.15) is 77.9 Å². The van der Waals surface area contributed by atoms with Gasteiger partial charge in [-0.1, -0.05) is 88.5 Å². The number of aryl methyl sites for hydroxylation is 2. The van der Waals surface area contributed by atoms with Crippen LogP contribution in [-0.4, -0.2) is 4.21 Å². The van der Waals surface area contributed by atoms with Crippen LogP contribution in [0.15, 0.2) is 132 Å². The standard InChI is InChI=1S/C21H13.C10H15.2C7H7.CH2.2ClH.Zr/c1-2-8-15-14(7-1)13-20-18-11-4-3-9-16(18)17-10-5-6-12-19(17)21(15)20;1-8-6-5-7-9(8)10(2,3)4;2*1-7-5-3-2-4-6-7;;;;/h1-10,12H,13H2;6H,5H2,1-4H3;2*3-6H,1H3;1H2;2*1H;/q4*-1;;;;. The van der Waals surface area contributed by atoms with Crippen molar-refractivity contribution in [3.05, 3.63) is 179 Å². The van der Waals surface area contributed by atoms with Crippen molar-refractivity contribution in [2.45, 2.75) is 54.4 Å². The van der Waals surface area contributed by atoms with E-state index in [-0.39, 0.29) is 30.2 Å². The first kappa shape index (κ1) is 41.8. The number of halogens is 2. The summed E-state index contributed by atoms with van der Waals surface area (Å²) in [5.74, 6) is 0. The average Bonchev–Trinajstić information content (AvgIpc) is 3.72. The molecule has 0 bridgehead atoms. The Balaban J connectivity index is 0.000000251. The smallest absolute Gasteiger partial charge is 0.0240 e. The normalized spacial score (nSPS) is 11.8. The van der Waals surface area contributed by atoms with Crippen molar-refractivity contribution < 1.29 is 24.2 Å². The minimum absolute atomic E-state index is 0. The van der Waals surface area contributed by atoms with Crippen LogP contribution in [-0.2, 0) is 30.7 Å². The third kappa shape index (κ3) is 11.1. The second kappa shape index (κ2) is 20.4. The second-order valence-corrected chi connectivity index (χ2v) is 12.7. The number of benzene rings is 6. The van der Waals surface area contributed by atoms with Gasteiger partial charge in [0.1, 0.15) is 0 Å². The van der Waals surface area contributed by atoms with Crippen LogP contribution in [0.5, 0.6) is 0 Å². The van der Waals surface area contributed by atoms with Crippen LogP contribution < -0.4 is 0 Å². The molecule has 0 nitrogen and oxygen atoms in total. The summed E-state index contributed by atoms with van der Waals surface area (Å²) in [6.07, 6.45) is 7.64. The first-order valence-electron chi connectivity index (χ1n) is 16.2. The molecule has 2 aliphatic carbocycles. The maximum absolute atomic E-state index is 3.48. The van der Waals surface area contributed by atoms with Gasteiger partial charge in [0.15, 0.2) is 0 Å². The van der Waals surface area contributed by atoms with Crippen molar-refractivity contribution in [2.24, 2.45) is 5.41 Å². The quantitative estimate of drug-likeness (QED) is 0.107. The molecule has 0 amide bonds. The molecule has 0 aliphatic heterocycles. The number of rotatable bonds is 0. The van der Waals surface area contributed by atoms with Gasteiger partial charge in [-0.3, -0.25) is 6.08 Å². The van der Waals surface area contributed by atoms with Crippen molar-refractivity contribution in [2.75, 3.05) is 0 Å². The molecule has 252 valence electrons. The van der Waals surface area contributed by atoms with E-state index < -0.39 is 0 Å². The topological polar surface area (TPSA) is 0 Å². The Hall–Kier alpha value is -3.35. The summed E-state index contributed by atoms with van der Waals surface area (Å²) < 4.78 is 3.34. The van der Waals surface area contributed by atoms with E-state index in [1.165, 1.54) is 90.3 Å². The minimum atomic E-state index is 0. The fraction of sp³-hybridized carbons (Fsp3) is 0.196. The fourth-order valence-electron chi connectivity index (χ4n) is 6.07. The number of allylic oxidation sites excluding steroid dienone is 4. The predicted octanol–water partition coefficient (Wildman–Crippen LogP) is 12.9. The van der Waals surface area contributed by atoms with Crippen LogP contribution in [0.25, 0.3) is 32.7 Å². The van der Waals surface area contributed by atoms with E-state index in [9.17, 15) is 0 Å². The average molecular weight is 761 g/mol. The summed E-state index contributed by atoms with van der Waals surface area (Å²) in [5.41, 5.74) is 11.3. The summed E-state index contributed by atoms with van der Waals surface area (Å²) >= 11 is 1.30. The minimum Gasteiger partial charge on any atom is -0.147 e. The predicted molar refractivity (Wildman–Crippen MR) is 215 cm³/mol. The zero-order chi connectivity index (χ0) is 33.8. The molecule has 3 heteroatoms. The SMILES string of the molecule is CC1=CC[C-]=C1C(C)(C)C.Cc1cc[c-]cc1.Cc1cc[c-]cc1.Cl.Cl.[CH2]=[Zr].[c-]1cccc2c1c1c(c3ccccc32)-c2ccccc2C1. The Morgan fingerprint density at radius 1 is 0.633 bits per heavy atom. The van der Waals surface area contributed by atoms with Crippen molar-refractivity contribution in [3.63, 3.8) is 0 Å². The van der Waals surface area contributed by atoms with Crippen molar-refractivity contribution in [1.82, 2.24) is 0 Å². The monoisotopic (exact) mass is 758 g/mol. The molecule has 0 saturated carbocycles. The Labute approximate surface area is 322 Å². The number of fused-ring (bicyclic) bond motifs is 8. The molecule has 0 heterocycles. The van der Waals surface area contributed by atoms with E-state index in [2.05, 4.69) is 137 Å². The molecule has 8 rings (SSSR count). The summed E-state index contributed by atoms with van der Waals surface area (Å²) in [6, 6.07) is 49.0. The van der Waals surface area contributed by atoms with Gasteiger partial charge in [-0.15, -0.1) is 78.8 Å². The Morgan fingerprint density at radius 2 is 1.16 bits per heavy atom. The molecule has 0 unspecified atom stereocenters. The molecule has 0 fully saturated rings. The third-order valence-electron chi connectivity index (χ3n) is 8.20. The van der Waals surface area contributed by atoms with Crippen molar-refractivity contribution in [3.8, 4) is 11.1 Å². The zero-order valence-electron chi connectivity index (χ0n) is 29.5. The molecule has 0 radical (unpaired) electrons. The Kier molecular flexibility index (Phi) is 17.4. The first-order chi connectivity index (χ1) is 22.7. The first-order valence-corrected chi connectivity index (χ1v) is 17.9. The molecule has 0 atom stereocenters. The van der Waals surface area contributed by atoms with Crippen LogP contribution in [0.2, 0.25) is 0 Å². The Morgan fingerprint density at radius 3 is 1.65 bits per heavy atom. The van der Waals surface area contributed by atoms with E-state index in [0.717, 1.165) is 12.8 Å². The van der Waals surface area contributed by atoms with Gasteiger partial charge < -0.3 is 0 Å². The van der Waals surface area contributed by atoms with E-state index in [1.807, 2.05) is 54.6 Å². The van der Waals surface area contributed by atoms with Gasteiger partial charge in [0.25, 0.3) is 0 Å². The zero-order valence-corrected chi connectivity index (χ0v) is 33.6. The molecule has 0 N–H and O–H groups in total. The molecule has 0 aromatic heterocycles. The molecule has 0 saturated heterocycles. The molecule has 2 aliphatic rings. The van der Waals surface area contributed by atoms with Crippen LogP contribution in [0.4, 0.5) is 0 Å². The van der Waals surface area contributed by atoms with Gasteiger partial charge >= 0.3 is 28.4 Å². The van der Waals surface area contributed by atoms with Gasteiger partial charge in [-0.05, 0) is 33.9 Å². The van der Waals surface area contributed by atoms with E-state index in [0.29, 0.717) is 0 Å². The van der Waals surface area contributed by atoms with E-state index in [1.54, 1.807) is 0 Å². The third-order valence-corrected chi connectivity index (χ3v) is 8.20. The summed E-state index contributed by atoms with van der Waals surface area (Å²) in [6.45, 7) is 13.0. The van der Waals surface area contributed by atoms with E-state index in [4.69, 9.17) is 0 Å².